The van der Waals surface area contributed by atoms with Crippen LogP contribution in [0.15, 0.2) is 39.7 Å². The van der Waals surface area contributed by atoms with Crippen molar-refractivity contribution in [3.05, 3.63) is 46.6 Å². The summed E-state index contributed by atoms with van der Waals surface area (Å²) in [6, 6.07) is 6.59. The van der Waals surface area contributed by atoms with Gasteiger partial charge in [-0.1, -0.05) is 0 Å². The largest absolute Gasteiger partial charge is 0.463 e. The fourth-order valence-corrected chi connectivity index (χ4v) is 1.77. The fourth-order valence-electron chi connectivity index (χ4n) is 1.77. The predicted octanol–water partition coefficient (Wildman–Crippen LogP) is 1.11. The van der Waals surface area contributed by atoms with Crippen molar-refractivity contribution in [2.45, 2.75) is 6.92 Å². The zero-order chi connectivity index (χ0) is 13.4. The molecule has 3 aromatic heterocycles. The predicted molar refractivity (Wildman–Crippen MR) is 68.8 cm³/mol. The second-order valence-corrected chi connectivity index (χ2v) is 4.05. The first-order valence-electron chi connectivity index (χ1n) is 5.61. The quantitative estimate of drug-likeness (QED) is 0.715. The number of aromatic amines is 1. The lowest BCUT2D eigenvalue weighted by Crippen LogP contribution is -2.15. The number of nitrogens with zero attached hydrogens (tertiary/aromatic N) is 3. The number of furan rings is 1. The van der Waals surface area contributed by atoms with E-state index in [1.54, 1.807) is 31.4 Å². The van der Waals surface area contributed by atoms with Crippen molar-refractivity contribution in [2.24, 2.45) is 0 Å². The number of nitrogens with two attached hydrogens (primary N) is 1. The molecule has 0 fully saturated rings. The lowest BCUT2D eigenvalue weighted by molar-refractivity contribution is 0.578. The molecule has 0 saturated carbocycles. The molecule has 0 unspecified atom stereocenters. The first-order valence-corrected chi connectivity index (χ1v) is 5.61. The van der Waals surface area contributed by atoms with Gasteiger partial charge in [0, 0.05) is 17.8 Å². The molecule has 7 heteroatoms. The average Bonchev–Trinajstić information content (AvgIpc) is 2.95. The van der Waals surface area contributed by atoms with E-state index in [-0.39, 0.29) is 11.5 Å². The summed E-state index contributed by atoms with van der Waals surface area (Å²) in [6.07, 6.45) is 1.55. The minimum atomic E-state index is -0.253. The summed E-state index contributed by atoms with van der Waals surface area (Å²) < 4.78 is 6.61. The highest BCUT2D eigenvalue weighted by atomic mass is 16.3. The van der Waals surface area contributed by atoms with Crippen molar-refractivity contribution >= 4 is 5.82 Å². The van der Waals surface area contributed by atoms with Crippen LogP contribution in [0.2, 0.25) is 0 Å². The molecular weight excluding hydrogens is 246 g/mol. The minimum absolute atomic E-state index is 0.253. The van der Waals surface area contributed by atoms with Gasteiger partial charge in [-0.15, -0.1) is 0 Å². The molecule has 0 aromatic carbocycles. The van der Waals surface area contributed by atoms with Crippen LogP contribution >= 0.6 is 0 Å². The molecule has 0 saturated heterocycles. The van der Waals surface area contributed by atoms with E-state index < -0.39 is 0 Å². The summed E-state index contributed by atoms with van der Waals surface area (Å²) in [6.45, 7) is 1.73. The van der Waals surface area contributed by atoms with Crippen LogP contribution in [-0.2, 0) is 0 Å². The van der Waals surface area contributed by atoms with E-state index in [4.69, 9.17) is 10.2 Å². The van der Waals surface area contributed by atoms with Crippen LogP contribution < -0.4 is 11.3 Å². The summed E-state index contributed by atoms with van der Waals surface area (Å²) in [4.78, 5) is 18.2. The Morgan fingerprint density at radius 2 is 2.26 bits per heavy atom. The third-order valence-electron chi connectivity index (χ3n) is 2.57. The van der Waals surface area contributed by atoms with Crippen molar-refractivity contribution < 1.29 is 4.42 Å². The Morgan fingerprint density at radius 1 is 1.42 bits per heavy atom. The zero-order valence-electron chi connectivity index (χ0n) is 10.1. The molecule has 3 rings (SSSR count). The highest BCUT2D eigenvalue weighted by Crippen LogP contribution is 2.21. The van der Waals surface area contributed by atoms with Crippen LogP contribution in [0.3, 0.4) is 0 Å². The Labute approximate surface area is 107 Å². The maximum Gasteiger partial charge on any atom is 0.252 e. The lowest BCUT2D eigenvalue weighted by atomic mass is 10.3. The van der Waals surface area contributed by atoms with E-state index in [0.717, 1.165) is 0 Å². The summed E-state index contributed by atoms with van der Waals surface area (Å²) >= 11 is 0. The molecule has 0 amide bonds. The van der Waals surface area contributed by atoms with Gasteiger partial charge in [-0.2, -0.15) is 9.78 Å². The maximum absolute atomic E-state index is 11.4. The smallest absolute Gasteiger partial charge is 0.252 e. The number of hydrogen-bond acceptors (Lipinski definition) is 5. The molecule has 19 heavy (non-hydrogen) atoms. The van der Waals surface area contributed by atoms with Gasteiger partial charge in [-0.25, -0.2) is 4.98 Å². The van der Waals surface area contributed by atoms with Crippen LogP contribution in [0.1, 0.15) is 5.69 Å². The summed E-state index contributed by atoms with van der Waals surface area (Å²) in [5, 5.41) is 4.27. The molecule has 0 radical (unpaired) electrons. The first kappa shape index (κ1) is 11.3. The number of anilines is 1. The van der Waals surface area contributed by atoms with Crippen LogP contribution in [0.25, 0.3) is 17.4 Å². The summed E-state index contributed by atoms with van der Waals surface area (Å²) in [5.41, 5.74) is 6.79. The Bertz CT molecular complexity index is 770. The molecule has 0 aliphatic heterocycles. The van der Waals surface area contributed by atoms with Crippen LogP contribution in [-0.4, -0.2) is 19.7 Å². The fraction of sp³-hybridized carbons (Fsp3) is 0.0833. The number of aromatic nitrogens is 4. The normalized spacial score (nSPS) is 10.8. The van der Waals surface area contributed by atoms with Crippen molar-refractivity contribution in [1.82, 2.24) is 19.7 Å². The SMILES string of the molecule is Cc1cc(=O)[nH]c(-n2nc(-c3ccco3)cc2N)n1. The van der Waals surface area contributed by atoms with Gasteiger partial charge in [0.15, 0.2) is 5.76 Å². The highest BCUT2D eigenvalue weighted by molar-refractivity contribution is 5.57. The molecular formula is C12H11N5O2. The van der Waals surface area contributed by atoms with E-state index in [0.29, 0.717) is 23.0 Å². The van der Waals surface area contributed by atoms with E-state index in [9.17, 15) is 4.79 Å². The standard InChI is InChI=1S/C12H11N5O2/c1-7-5-11(18)15-12(14-7)17-10(13)6-8(16-17)9-3-2-4-19-9/h2-6H,13H2,1H3,(H,14,15,18). The third kappa shape index (κ3) is 2.01. The van der Waals surface area contributed by atoms with Crippen molar-refractivity contribution in [2.75, 3.05) is 5.73 Å². The number of aryl methyl sites for hydroxylation is 1. The number of rotatable bonds is 2. The number of nitrogen functional groups attached to an aromatic ring is 1. The second kappa shape index (κ2) is 4.13. The first-order chi connectivity index (χ1) is 9.13. The topological polar surface area (TPSA) is 103 Å². The van der Waals surface area contributed by atoms with Crippen LogP contribution in [0, 0.1) is 6.92 Å². The van der Waals surface area contributed by atoms with Crippen molar-refractivity contribution in [1.29, 1.82) is 0 Å². The zero-order valence-corrected chi connectivity index (χ0v) is 10.1. The van der Waals surface area contributed by atoms with Gasteiger partial charge in [0.25, 0.3) is 5.56 Å². The molecule has 0 atom stereocenters. The van der Waals surface area contributed by atoms with Crippen LogP contribution in [0.5, 0.6) is 0 Å². The van der Waals surface area contributed by atoms with Gasteiger partial charge in [-0.3, -0.25) is 9.78 Å². The molecule has 3 aromatic rings. The molecule has 3 heterocycles. The van der Waals surface area contributed by atoms with Gasteiger partial charge in [0.1, 0.15) is 11.5 Å². The highest BCUT2D eigenvalue weighted by Gasteiger charge is 2.12. The summed E-state index contributed by atoms with van der Waals surface area (Å²) in [7, 11) is 0. The Kier molecular flexibility index (Phi) is 2.45. The van der Waals surface area contributed by atoms with Gasteiger partial charge in [-0.05, 0) is 19.1 Å². The van der Waals surface area contributed by atoms with Gasteiger partial charge in [0.05, 0.1) is 6.26 Å². The van der Waals surface area contributed by atoms with E-state index >= 15 is 0 Å². The Hall–Kier alpha value is -2.83. The monoisotopic (exact) mass is 257 g/mol. The number of nitrogens with one attached hydrogen (secondary N) is 1. The van der Waals surface area contributed by atoms with Gasteiger partial charge < -0.3 is 10.2 Å². The van der Waals surface area contributed by atoms with E-state index in [1.807, 2.05) is 0 Å². The van der Waals surface area contributed by atoms with E-state index in [2.05, 4.69) is 15.1 Å². The Balaban J connectivity index is 2.13. The molecule has 0 spiro atoms. The molecule has 0 bridgehead atoms. The van der Waals surface area contributed by atoms with Crippen molar-refractivity contribution in [3.63, 3.8) is 0 Å². The van der Waals surface area contributed by atoms with Crippen LogP contribution in [0.4, 0.5) is 5.82 Å². The minimum Gasteiger partial charge on any atom is -0.463 e. The lowest BCUT2D eigenvalue weighted by Gasteiger charge is -2.02. The summed E-state index contributed by atoms with van der Waals surface area (Å²) in [5.74, 6) is 1.24. The van der Waals surface area contributed by atoms with E-state index in [1.165, 1.54) is 10.7 Å². The number of hydrogen-bond donors (Lipinski definition) is 2. The molecule has 0 aliphatic rings. The average molecular weight is 257 g/mol. The molecule has 96 valence electrons. The van der Waals surface area contributed by atoms with Gasteiger partial charge >= 0.3 is 0 Å². The van der Waals surface area contributed by atoms with Gasteiger partial charge in [0.2, 0.25) is 5.95 Å². The second-order valence-electron chi connectivity index (χ2n) is 4.05. The Morgan fingerprint density at radius 3 is 2.95 bits per heavy atom. The molecule has 0 aliphatic carbocycles. The third-order valence-corrected chi connectivity index (χ3v) is 2.57. The number of H-pyrrole nitrogens is 1. The van der Waals surface area contributed by atoms with Crippen molar-refractivity contribution in [3.8, 4) is 17.4 Å². The molecule has 7 nitrogen and oxygen atoms in total. The molecule has 3 N–H and O–H groups in total. The maximum atomic E-state index is 11.4.